The van der Waals surface area contributed by atoms with Crippen molar-refractivity contribution in [3.63, 3.8) is 0 Å². The van der Waals surface area contributed by atoms with E-state index in [0.717, 1.165) is 31.4 Å². The molecule has 0 fully saturated rings. The van der Waals surface area contributed by atoms with Crippen molar-refractivity contribution in [2.45, 2.75) is 49.3 Å². The molecule has 0 aromatic heterocycles. The monoisotopic (exact) mass is 437 g/mol. The van der Waals surface area contributed by atoms with E-state index in [1.807, 2.05) is 18.1 Å². The minimum absolute atomic E-state index is 0.0311. The summed E-state index contributed by atoms with van der Waals surface area (Å²) < 4.78 is 40.4. The Bertz CT molecular complexity index is 976. The van der Waals surface area contributed by atoms with Gasteiger partial charge in [0.1, 0.15) is 11.6 Å². The number of halogens is 1. The molecule has 2 aromatic rings. The van der Waals surface area contributed by atoms with E-state index in [4.69, 9.17) is 0 Å². The maximum atomic E-state index is 13.6. The normalized spacial score (nSPS) is 20.9. The van der Waals surface area contributed by atoms with Crippen LogP contribution in [-0.4, -0.2) is 32.1 Å². The molecule has 158 valence electrons. The molecule has 1 aliphatic rings. The van der Waals surface area contributed by atoms with Gasteiger partial charge in [-0.3, -0.25) is 0 Å². The van der Waals surface area contributed by atoms with Crippen molar-refractivity contribution in [2.24, 2.45) is 5.41 Å². The zero-order chi connectivity index (χ0) is 21.2. The molecular formula is C22H28FNO3S2. The van der Waals surface area contributed by atoms with Crippen molar-refractivity contribution in [1.29, 1.82) is 0 Å². The van der Waals surface area contributed by atoms with Crippen molar-refractivity contribution < 1.29 is 17.9 Å². The quantitative estimate of drug-likeness (QED) is 0.582. The van der Waals surface area contributed by atoms with Crippen LogP contribution in [-0.2, 0) is 9.84 Å². The van der Waals surface area contributed by atoms with Crippen LogP contribution in [0.4, 0.5) is 15.8 Å². The summed E-state index contributed by atoms with van der Waals surface area (Å²) in [5, 5.41) is 10.4. The Morgan fingerprint density at radius 2 is 1.90 bits per heavy atom. The standard InChI is InChI=1S/C22H28FNO3S2/c1-4-6-11-22(5-2)14-24(17-9-7-16(23)8-10-17)18-12-20(28-3)19(25)13-21(18)29(26,27)15-22/h7-10,12-13,25H,4-6,11,14-15H2,1-3H3/t22-/m0/s1. The molecule has 0 amide bonds. The van der Waals surface area contributed by atoms with E-state index in [1.54, 1.807) is 18.2 Å². The van der Waals surface area contributed by atoms with Gasteiger partial charge < -0.3 is 10.0 Å². The number of nitrogens with zero attached hydrogens (tertiary/aromatic N) is 1. The summed E-state index contributed by atoms with van der Waals surface area (Å²) in [6.07, 6.45) is 5.29. The van der Waals surface area contributed by atoms with Gasteiger partial charge in [0.15, 0.2) is 9.84 Å². The average molecular weight is 438 g/mol. The lowest BCUT2D eigenvalue weighted by Crippen LogP contribution is -2.37. The molecule has 0 unspecified atom stereocenters. The van der Waals surface area contributed by atoms with Crippen LogP contribution in [0.25, 0.3) is 0 Å². The number of unbranched alkanes of at least 4 members (excludes halogenated alkanes) is 1. The largest absolute Gasteiger partial charge is 0.507 e. The number of hydrogen-bond acceptors (Lipinski definition) is 5. The summed E-state index contributed by atoms with van der Waals surface area (Å²) in [5.41, 5.74) is 0.875. The Labute approximate surface area is 177 Å². The minimum atomic E-state index is -3.61. The van der Waals surface area contributed by atoms with Crippen LogP contribution in [0.15, 0.2) is 46.2 Å². The van der Waals surface area contributed by atoms with Crippen molar-refractivity contribution in [3.8, 4) is 5.75 Å². The Morgan fingerprint density at radius 1 is 1.21 bits per heavy atom. The van der Waals surface area contributed by atoms with E-state index in [2.05, 4.69) is 6.92 Å². The SMILES string of the molecule is CCCC[C@@]1(CC)CN(c2ccc(F)cc2)c2cc(SC)c(O)cc2S(=O)(=O)C1. The summed E-state index contributed by atoms with van der Waals surface area (Å²) in [6, 6.07) is 9.26. The molecule has 1 atom stereocenters. The van der Waals surface area contributed by atoms with Crippen molar-refractivity contribution in [2.75, 3.05) is 23.5 Å². The summed E-state index contributed by atoms with van der Waals surface area (Å²) in [5.74, 6) is -0.324. The van der Waals surface area contributed by atoms with Gasteiger partial charge in [-0.15, -0.1) is 11.8 Å². The molecule has 1 N–H and O–H groups in total. The van der Waals surface area contributed by atoms with Crippen molar-refractivity contribution >= 4 is 33.0 Å². The fourth-order valence-corrected chi connectivity index (χ4v) is 6.73. The van der Waals surface area contributed by atoms with Gasteiger partial charge >= 0.3 is 0 Å². The summed E-state index contributed by atoms with van der Waals surface area (Å²) >= 11 is 1.36. The minimum Gasteiger partial charge on any atom is -0.507 e. The first-order chi connectivity index (χ1) is 13.7. The lowest BCUT2D eigenvalue weighted by molar-refractivity contribution is 0.290. The number of thioether (sulfide) groups is 1. The number of aromatic hydroxyl groups is 1. The van der Waals surface area contributed by atoms with Gasteiger partial charge in [0.2, 0.25) is 0 Å². The summed E-state index contributed by atoms with van der Waals surface area (Å²) in [7, 11) is -3.61. The third-order valence-electron chi connectivity index (χ3n) is 5.82. The molecule has 7 heteroatoms. The number of phenolic OH excluding ortho intramolecular Hbond substituents is 1. The van der Waals surface area contributed by atoms with Gasteiger partial charge in [0, 0.05) is 23.7 Å². The molecule has 0 saturated heterocycles. The molecule has 4 nitrogen and oxygen atoms in total. The van der Waals surface area contributed by atoms with E-state index in [0.29, 0.717) is 17.1 Å². The second-order valence-electron chi connectivity index (χ2n) is 7.77. The Kier molecular flexibility index (Phi) is 6.48. The Balaban J connectivity index is 2.26. The van der Waals surface area contributed by atoms with Gasteiger partial charge in [-0.25, -0.2) is 12.8 Å². The fraction of sp³-hybridized carbons (Fsp3) is 0.455. The van der Waals surface area contributed by atoms with Gasteiger partial charge in [-0.1, -0.05) is 26.7 Å². The van der Waals surface area contributed by atoms with Gasteiger partial charge in [0.05, 0.1) is 21.2 Å². The van der Waals surface area contributed by atoms with Gasteiger partial charge in [0.25, 0.3) is 0 Å². The highest BCUT2D eigenvalue weighted by atomic mass is 32.2. The highest BCUT2D eigenvalue weighted by molar-refractivity contribution is 7.98. The van der Waals surface area contributed by atoms with Crippen LogP contribution in [0.3, 0.4) is 0 Å². The molecule has 1 heterocycles. The Hall–Kier alpha value is -1.73. The fourth-order valence-electron chi connectivity index (χ4n) is 4.05. The van der Waals surface area contributed by atoms with Gasteiger partial charge in [-0.05, 0) is 49.4 Å². The molecular weight excluding hydrogens is 409 g/mol. The number of benzene rings is 2. The van der Waals surface area contributed by atoms with E-state index >= 15 is 0 Å². The smallest absolute Gasteiger partial charge is 0.181 e. The van der Waals surface area contributed by atoms with Crippen LogP contribution in [0, 0.1) is 11.2 Å². The van der Waals surface area contributed by atoms with Crippen LogP contribution < -0.4 is 4.90 Å². The van der Waals surface area contributed by atoms with E-state index in [1.165, 1.54) is 30.0 Å². The zero-order valence-electron chi connectivity index (χ0n) is 17.1. The first-order valence-electron chi connectivity index (χ1n) is 9.92. The highest BCUT2D eigenvalue weighted by Gasteiger charge is 2.41. The number of anilines is 2. The second kappa shape index (κ2) is 8.56. The molecule has 0 radical (unpaired) electrons. The molecule has 0 saturated carbocycles. The van der Waals surface area contributed by atoms with Crippen LogP contribution >= 0.6 is 11.8 Å². The highest BCUT2D eigenvalue weighted by Crippen LogP contribution is 2.46. The Morgan fingerprint density at radius 3 is 2.48 bits per heavy atom. The molecule has 29 heavy (non-hydrogen) atoms. The predicted molar refractivity (Wildman–Crippen MR) is 118 cm³/mol. The lowest BCUT2D eigenvalue weighted by Gasteiger charge is -2.36. The third-order valence-corrected chi connectivity index (χ3v) is 8.58. The first kappa shape index (κ1) is 22.0. The van der Waals surface area contributed by atoms with Crippen molar-refractivity contribution in [3.05, 3.63) is 42.2 Å². The van der Waals surface area contributed by atoms with Crippen LogP contribution in [0.5, 0.6) is 5.75 Å². The second-order valence-corrected chi connectivity index (χ2v) is 10.6. The van der Waals surface area contributed by atoms with E-state index < -0.39 is 15.3 Å². The predicted octanol–water partition coefficient (Wildman–Crippen LogP) is 5.77. The molecule has 0 spiro atoms. The lowest BCUT2D eigenvalue weighted by atomic mass is 9.81. The number of hydrogen-bond donors (Lipinski definition) is 1. The maximum absolute atomic E-state index is 13.6. The molecule has 3 rings (SSSR count). The summed E-state index contributed by atoms with van der Waals surface area (Å²) in [6.45, 7) is 4.67. The third kappa shape index (κ3) is 4.40. The van der Waals surface area contributed by atoms with Crippen molar-refractivity contribution in [1.82, 2.24) is 0 Å². The number of sulfone groups is 1. The number of fused-ring (bicyclic) bond motifs is 1. The number of phenols is 1. The van der Waals surface area contributed by atoms with Gasteiger partial charge in [-0.2, -0.15) is 0 Å². The van der Waals surface area contributed by atoms with Crippen LogP contribution in [0.2, 0.25) is 0 Å². The van der Waals surface area contributed by atoms with E-state index in [-0.39, 0.29) is 22.2 Å². The van der Waals surface area contributed by atoms with E-state index in [9.17, 15) is 17.9 Å². The molecule has 0 aliphatic carbocycles. The zero-order valence-corrected chi connectivity index (χ0v) is 18.7. The average Bonchev–Trinajstić information content (AvgIpc) is 2.79. The maximum Gasteiger partial charge on any atom is 0.181 e. The molecule has 0 bridgehead atoms. The first-order valence-corrected chi connectivity index (χ1v) is 12.8. The topological polar surface area (TPSA) is 57.6 Å². The molecule has 1 aliphatic heterocycles. The van der Waals surface area contributed by atoms with Crippen LogP contribution in [0.1, 0.15) is 39.5 Å². The molecule has 2 aromatic carbocycles. The summed E-state index contributed by atoms with van der Waals surface area (Å²) in [4.78, 5) is 2.74. The number of rotatable bonds is 6.